The molecule has 9 nitrogen and oxygen atoms in total. The van der Waals surface area contributed by atoms with Crippen molar-refractivity contribution in [3.63, 3.8) is 0 Å². The number of urea groups is 1. The summed E-state index contributed by atoms with van der Waals surface area (Å²) >= 11 is 0. The Bertz CT molecular complexity index is 1470. The van der Waals surface area contributed by atoms with Crippen molar-refractivity contribution >= 4 is 40.3 Å². The van der Waals surface area contributed by atoms with Crippen molar-refractivity contribution in [3.8, 4) is 0 Å². The number of carbonyl (C=O) groups is 3. The molecule has 2 atom stereocenters. The van der Waals surface area contributed by atoms with Crippen LogP contribution in [0.5, 0.6) is 0 Å². The standard InChI is InChI=1S/C35H45N5O4/c1-25-11-8-13-27-19-20-36-32(31(25)27)40(29-16-10-22-39(24-29)34(43)44-35(2,3)4)33(42)38-21-9-12-26(23-38)17-18-30(41)37-28-14-6-5-7-15-28/h5-8,11,13-15,19-20,26,29H,9-10,12,16-18,21-24H2,1-4H3,(H,37,41)/t26?,29-/m1/s1. The van der Waals surface area contributed by atoms with Crippen LogP contribution in [-0.2, 0) is 9.53 Å². The highest BCUT2D eigenvalue weighted by Crippen LogP contribution is 2.33. The second-order valence-corrected chi connectivity index (χ2v) is 13.1. The lowest BCUT2D eigenvalue weighted by Gasteiger charge is -2.42. The van der Waals surface area contributed by atoms with E-state index in [1.54, 1.807) is 11.1 Å². The number of carbonyl (C=O) groups excluding carboxylic acids is 3. The fraction of sp³-hybridized carbons (Fsp3) is 0.486. The highest BCUT2D eigenvalue weighted by Gasteiger charge is 2.38. The van der Waals surface area contributed by atoms with Crippen LogP contribution in [0, 0.1) is 12.8 Å². The number of fused-ring (bicyclic) bond motifs is 1. The van der Waals surface area contributed by atoms with Crippen LogP contribution < -0.4 is 10.2 Å². The maximum atomic E-state index is 14.6. The number of anilines is 2. The number of likely N-dealkylation sites (tertiary alicyclic amines) is 2. The number of nitrogens with one attached hydrogen (secondary N) is 1. The minimum absolute atomic E-state index is 0.0128. The average Bonchev–Trinajstić information content (AvgIpc) is 3.00. The van der Waals surface area contributed by atoms with E-state index in [9.17, 15) is 14.4 Å². The molecule has 0 aliphatic carbocycles. The first-order valence-electron chi connectivity index (χ1n) is 15.8. The Morgan fingerprint density at radius 3 is 2.48 bits per heavy atom. The van der Waals surface area contributed by atoms with E-state index in [1.165, 1.54) is 0 Å². The number of pyridine rings is 1. The molecule has 9 heteroatoms. The van der Waals surface area contributed by atoms with Crippen LogP contribution in [0.15, 0.2) is 60.8 Å². The lowest BCUT2D eigenvalue weighted by Crippen LogP contribution is -2.57. The number of aromatic nitrogens is 1. The number of rotatable bonds is 6. The first kappa shape index (κ1) is 31.3. The Labute approximate surface area is 260 Å². The van der Waals surface area contributed by atoms with Gasteiger partial charge in [0, 0.05) is 49.9 Å². The molecule has 2 aromatic carbocycles. The van der Waals surface area contributed by atoms with Gasteiger partial charge in [0.1, 0.15) is 11.4 Å². The first-order chi connectivity index (χ1) is 21.1. The zero-order chi connectivity index (χ0) is 31.3. The number of benzene rings is 2. The van der Waals surface area contributed by atoms with Gasteiger partial charge in [0.2, 0.25) is 5.91 Å². The predicted molar refractivity (Wildman–Crippen MR) is 174 cm³/mol. The molecule has 0 bridgehead atoms. The third kappa shape index (κ3) is 7.68. The van der Waals surface area contributed by atoms with E-state index in [0.717, 1.165) is 47.7 Å². The van der Waals surface area contributed by atoms with E-state index in [1.807, 2.05) is 92.1 Å². The summed E-state index contributed by atoms with van der Waals surface area (Å²) in [6, 6.07) is 17.2. The summed E-state index contributed by atoms with van der Waals surface area (Å²) in [5.41, 5.74) is 1.23. The van der Waals surface area contributed by atoms with Crippen LogP contribution in [0.3, 0.4) is 0 Å². The van der Waals surface area contributed by atoms with Gasteiger partial charge in [-0.25, -0.2) is 14.6 Å². The molecule has 1 N–H and O–H groups in total. The van der Waals surface area contributed by atoms with Gasteiger partial charge in [0.05, 0.1) is 6.04 Å². The number of amides is 4. The molecular formula is C35H45N5O4. The summed E-state index contributed by atoms with van der Waals surface area (Å²) < 4.78 is 5.70. The summed E-state index contributed by atoms with van der Waals surface area (Å²) in [7, 11) is 0. The lowest BCUT2D eigenvalue weighted by atomic mass is 9.93. The molecule has 1 unspecified atom stereocenters. The molecule has 0 radical (unpaired) electrons. The van der Waals surface area contributed by atoms with Gasteiger partial charge in [-0.15, -0.1) is 0 Å². The number of ether oxygens (including phenoxy) is 1. The molecule has 234 valence electrons. The molecule has 2 aliphatic rings. The molecule has 44 heavy (non-hydrogen) atoms. The molecule has 2 aliphatic heterocycles. The molecule has 2 saturated heterocycles. The SMILES string of the molecule is Cc1cccc2ccnc(N(C(=O)N3CCCC(CCC(=O)Nc4ccccc4)C3)[C@@H]3CCCN(C(=O)OC(C)(C)C)C3)c12. The largest absolute Gasteiger partial charge is 0.444 e. The highest BCUT2D eigenvalue weighted by atomic mass is 16.6. The van der Waals surface area contributed by atoms with Gasteiger partial charge in [-0.1, -0.05) is 36.4 Å². The quantitative estimate of drug-likeness (QED) is 0.329. The number of piperidine rings is 2. The predicted octanol–water partition coefficient (Wildman–Crippen LogP) is 7.00. The first-order valence-corrected chi connectivity index (χ1v) is 15.8. The van der Waals surface area contributed by atoms with Crippen molar-refractivity contribution in [2.45, 2.75) is 77.9 Å². The lowest BCUT2D eigenvalue weighted by molar-refractivity contribution is -0.116. The van der Waals surface area contributed by atoms with Gasteiger partial charge in [0.25, 0.3) is 0 Å². The van der Waals surface area contributed by atoms with Crippen molar-refractivity contribution in [2.24, 2.45) is 5.92 Å². The molecule has 0 spiro atoms. The Morgan fingerprint density at radius 2 is 1.70 bits per heavy atom. The number of aryl methyl sites for hydroxylation is 1. The summed E-state index contributed by atoms with van der Waals surface area (Å²) in [4.78, 5) is 50.6. The smallest absolute Gasteiger partial charge is 0.410 e. The van der Waals surface area contributed by atoms with Crippen molar-refractivity contribution < 1.29 is 19.1 Å². The van der Waals surface area contributed by atoms with Gasteiger partial charge < -0.3 is 19.9 Å². The molecule has 0 saturated carbocycles. The van der Waals surface area contributed by atoms with Crippen LogP contribution in [0.4, 0.5) is 21.1 Å². The van der Waals surface area contributed by atoms with Crippen LogP contribution in [-0.4, -0.2) is 70.6 Å². The van der Waals surface area contributed by atoms with Gasteiger partial charge in [-0.3, -0.25) is 9.69 Å². The Hall–Kier alpha value is -4.14. The Morgan fingerprint density at radius 1 is 0.955 bits per heavy atom. The zero-order valence-corrected chi connectivity index (χ0v) is 26.4. The normalized spacial score (nSPS) is 19.0. The van der Waals surface area contributed by atoms with Crippen LogP contribution in [0.25, 0.3) is 10.8 Å². The molecule has 3 aromatic rings. The van der Waals surface area contributed by atoms with E-state index < -0.39 is 5.60 Å². The number of para-hydroxylation sites is 1. The zero-order valence-electron chi connectivity index (χ0n) is 26.4. The molecule has 4 amide bonds. The molecular weight excluding hydrogens is 554 g/mol. The fourth-order valence-corrected chi connectivity index (χ4v) is 6.35. The van der Waals surface area contributed by atoms with Crippen LogP contribution >= 0.6 is 0 Å². The average molecular weight is 600 g/mol. The topological polar surface area (TPSA) is 95.1 Å². The fourth-order valence-electron chi connectivity index (χ4n) is 6.35. The Balaban J connectivity index is 1.37. The summed E-state index contributed by atoms with van der Waals surface area (Å²) in [5, 5.41) is 4.94. The maximum Gasteiger partial charge on any atom is 0.410 e. The summed E-state index contributed by atoms with van der Waals surface area (Å²) in [6.45, 7) is 9.83. The number of hydrogen-bond acceptors (Lipinski definition) is 5. The maximum absolute atomic E-state index is 14.6. The van der Waals surface area contributed by atoms with Crippen molar-refractivity contribution in [3.05, 3.63) is 66.4 Å². The second-order valence-electron chi connectivity index (χ2n) is 13.1. The number of nitrogens with zero attached hydrogens (tertiary/aromatic N) is 4. The van der Waals surface area contributed by atoms with Crippen LogP contribution in [0.2, 0.25) is 0 Å². The minimum atomic E-state index is -0.603. The van der Waals surface area contributed by atoms with E-state index in [-0.39, 0.29) is 30.0 Å². The van der Waals surface area contributed by atoms with Crippen molar-refractivity contribution in [1.29, 1.82) is 0 Å². The van der Waals surface area contributed by atoms with Gasteiger partial charge in [-0.05, 0) is 94.9 Å². The van der Waals surface area contributed by atoms with Gasteiger partial charge in [0.15, 0.2) is 0 Å². The van der Waals surface area contributed by atoms with E-state index in [0.29, 0.717) is 44.8 Å². The molecule has 5 rings (SSSR count). The van der Waals surface area contributed by atoms with E-state index in [4.69, 9.17) is 9.72 Å². The monoisotopic (exact) mass is 599 g/mol. The van der Waals surface area contributed by atoms with E-state index in [2.05, 4.69) is 5.32 Å². The van der Waals surface area contributed by atoms with Crippen molar-refractivity contribution in [1.82, 2.24) is 14.8 Å². The highest BCUT2D eigenvalue weighted by molar-refractivity contribution is 6.03. The molecule has 1 aromatic heterocycles. The van der Waals surface area contributed by atoms with E-state index >= 15 is 0 Å². The number of hydrogen-bond donors (Lipinski definition) is 1. The van der Waals surface area contributed by atoms with Crippen molar-refractivity contribution in [2.75, 3.05) is 36.4 Å². The van der Waals surface area contributed by atoms with Crippen LogP contribution in [0.1, 0.15) is 64.9 Å². The third-order valence-electron chi connectivity index (χ3n) is 8.45. The molecule has 3 heterocycles. The second kappa shape index (κ2) is 13.7. The third-order valence-corrected chi connectivity index (χ3v) is 8.45. The summed E-state index contributed by atoms with van der Waals surface area (Å²) in [6.07, 6.45) is 5.89. The minimum Gasteiger partial charge on any atom is -0.444 e. The molecule has 2 fully saturated rings. The Kier molecular flexibility index (Phi) is 9.71. The van der Waals surface area contributed by atoms with Gasteiger partial charge in [-0.2, -0.15) is 0 Å². The van der Waals surface area contributed by atoms with Gasteiger partial charge >= 0.3 is 12.1 Å². The summed E-state index contributed by atoms with van der Waals surface area (Å²) in [5.74, 6) is 0.843.